The zero-order valence-corrected chi connectivity index (χ0v) is 15.2. The molecule has 26 heavy (non-hydrogen) atoms. The number of carbonyl (C=O) groups is 2. The fraction of sp³-hybridized carbons (Fsp3) is 0.579. The van der Waals surface area contributed by atoms with Gasteiger partial charge in [0, 0.05) is 18.8 Å². The number of amides is 2. The number of halogens is 1. The lowest BCUT2D eigenvalue weighted by atomic mass is 10.1. The summed E-state index contributed by atoms with van der Waals surface area (Å²) in [4.78, 5) is 29.0. The van der Waals surface area contributed by atoms with Gasteiger partial charge < -0.3 is 20.0 Å². The first-order chi connectivity index (χ1) is 12.6. The van der Waals surface area contributed by atoms with E-state index in [1.165, 1.54) is 28.4 Å². The van der Waals surface area contributed by atoms with Gasteiger partial charge in [-0.3, -0.25) is 9.59 Å². The molecular weight excluding hydrogens is 335 g/mol. The third kappa shape index (κ3) is 5.51. The van der Waals surface area contributed by atoms with E-state index in [4.69, 9.17) is 0 Å². The second-order valence-corrected chi connectivity index (χ2v) is 7.35. The van der Waals surface area contributed by atoms with Crippen molar-refractivity contribution in [2.45, 2.75) is 19.3 Å². The number of hydrogen-bond acceptors (Lipinski definition) is 2. The van der Waals surface area contributed by atoms with Gasteiger partial charge in [0.1, 0.15) is 32.0 Å². The summed E-state index contributed by atoms with van der Waals surface area (Å²) < 4.78 is 13.2. The lowest BCUT2D eigenvalue weighted by Gasteiger charge is -2.31. The number of nitrogens with one attached hydrogen (secondary N) is 3. The van der Waals surface area contributed by atoms with Crippen LogP contribution in [0.1, 0.15) is 19.3 Å². The summed E-state index contributed by atoms with van der Waals surface area (Å²) in [6, 6.07) is 5.94. The smallest absolute Gasteiger partial charge is 0.279 e. The molecule has 2 amide bonds. The van der Waals surface area contributed by atoms with Gasteiger partial charge in [0.25, 0.3) is 11.8 Å². The van der Waals surface area contributed by atoms with Crippen molar-refractivity contribution in [3.8, 4) is 0 Å². The third-order valence-corrected chi connectivity index (χ3v) is 5.29. The summed E-state index contributed by atoms with van der Waals surface area (Å²) in [5, 5.41) is 2.75. The minimum atomic E-state index is -0.356. The SMILES string of the molecule is O=C(C[NH+]1CC[NH+](CC(=O)N2CCCCC2)CC1)Nc1cccc(F)c1. The zero-order valence-electron chi connectivity index (χ0n) is 15.2. The molecule has 0 bridgehead atoms. The molecule has 0 unspecified atom stereocenters. The largest absolute Gasteiger partial charge is 0.338 e. The summed E-state index contributed by atoms with van der Waals surface area (Å²) in [6.45, 7) is 6.32. The Morgan fingerprint density at radius 3 is 2.31 bits per heavy atom. The topological polar surface area (TPSA) is 58.3 Å². The molecule has 2 fully saturated rings. The van der Waals surface area contributed by atoms with E-state index in [-0.39, 0.29) is 17.6 Å². The highest BCUT2D eigenvalue weighted by Gasteiger charge is 2.28. The van der Waals surface area contributed by atoms with Crippen molar-refractivity contribution < 1.29 is 23.8 Å². The fourth-order valence-corrected chi connectivity index (χ4v) is 3.78. The van der Waals surface area contributed by atoms with E-state index < -0.39 is 0 Å². The van der Waals surface area contributed by atoms with E-state index in [1.54, 1.807) is 12.1 Å². The van der Waals surface area contributed by atoms with Crippen molar-refractivity contribution in [3.63, 3.8) is 0 Å². The van der Waals surface area contributed by atoms with E-state index in [9.17, 15) is 14.0 Å². The van der Waals surface area contributed by atoms with E-state index >= 15 is 0 Å². The maximum atomic E-state index is 13.2. The molecule has 0 aliphatic carbocycles. The van der Waals surface area contributed by atoms with Crippen LogP contribution < -0.4 is 15.1 Å². The van der Waals surface area contributed by atoms with Crippen molar-refractivity contribution >= 4 is 17.5 Å². The standard InChI is InChI=1S/C19H27FN4O2/c20-16-5-4-6-17(13-16)21-18(25)14-22-9-11-23(12-10-22)15-19(26)24-7-2-1-3-8-24/h4-6,13H,1-3,7-12,14-15H2,(H,21,25)/p+2. The van der Waals surface area contributed by atoms with Gasteiger partial charge in [-0.2, -0.15) is 0 Å². The van der Waals surface area contributed by atoms with Gasteiger partial charge >= 0.3 is 0 Å². The van der Waals surface area contributed by atoms with Gasteiger partial charge in [-0.1, -0.05) is 6.07 Å². The van der Waals surface area contributed by atoms with Crippen molar-refractivity contribution in [2.75, 3.05) is 57.7 Å². The number of likely N-dealkylation sites (tertiary alicyclic amines) is 1. The van der Waals surface area contributed by atoms with Crippen LogP contribution in [0.15, 0.2) is 24.3 Å². The molecule has 0 aromatic heterocycles. The average molecular weight is 364 g/mol. The predicted molar refractivity (Wildman–Crippen MR) is 96.6 cm³/mol. The first-order valence-electron chi connectivity index (χ1n) is 9.60. The third-order valence-electron chi connectivity index (χ3n) is 5.29. The quantitative estimate of drug-likeness (QED) is 0.600. The van der Waals surface area contributed by atoms with Gasteiger partial charge in [0.15, 0.2) is 13.1 Å². The van der Waals surface area contributed by atoms with Gasteiger partial charge in [-0.25, -0.2) is 4.39 Å². The molecule has 2 aliphatic rings. The van der Waals surface area contributed by atoms with Crippen molar-refractivity contribution in [3.05, 3.63) is 30.1 Å². The van der Waals surface area contributed by atoms with Crippen LogP contribution in [0.5, 0.6) is 0 Å². The van der Waals surface area contributed by atoms with Gasteiger partial charge in [-0.05, 0) is 37.5 Å². The molecule has 2 saturated heterocycles. The normalized spacial score (nSPS) is 23.5. The molecule has 142 valence electrons. The number of nitrogens with zero attached hydrogens (tertiary/aromatic N) is 1. The molecule has 2 aliphatic heterocycles. The number of anilines is 1. The molecule has 2 heterocycles. The molecular formula is C19H29FN4O2+2. The summed E-state index contributed by atoms with van der Waals surface area (Å²) in [5.74, 6) is -0.184. The number of benzene rings is 1. The molecule has 6 nitrogen and oxygen atoms in total. The molecule has 3 rings (SSSR count). The summed E-state index contributed by atoms with van der Waals surface area (Å²) in [6.07, 6.45) is 3.48. The van der Waals surface area contributed by atoms with Crippen LogP contribution >= 0.6 is 0 Å². The number of hydrogen-bond donors (Lipinski definition) is 3. The molecule has 1 aromatic carbocycles. The second-order valence-electron chi connectivity index (χ2n) is 7.35. The monoisotopic (exact) mass is 364 g/mol. The minimum Gasteiger partial charge on any atom is -0.338 e. The molecule has 1 aromatic rings. The number of carbonyl (C=O) groups excluding carboxylic acids is 2. The molecule has 0 saturated carbocycles. The molecule has 0 atom stereocenters. The maximum absolute atomic E-state index is 13.2. The minimum absolute atomic E-state index is 0.0987. The van der Waals surface area contributed by atoms with Crippen molar-refractivity contribution in [1.82, 2.24) is 4.90 Å². The van der Waals surface area contributed by atoms with Crippen LogP contribution in [0.25, 0.3) is 0 Å². The Balaban J connectivity index is 1.38. The highest BCUT2D eigenvalue weighted by molar-refractivity contribution is 5.91. The van der Waals surface area contributed by atoms with E-state index in [0.717, 1.165) is 52.1 Å². The highest BCUT2D eigenvalue weighted by Crippen LogP contribution is 2.08. The Morgan fingerprint density at radius 1 is 1.00 bits per heavy atom. The second kappa shape index (κ2) is 9.09. The molecule has 0 spiro atoms. The Morgan fingerprint density at radius 2 is 1.65 bits per heavy atom. The lowest BCUT2D eigenvalue weighted by Crippen LogP contribution is -3.28. The first-order valence-corrected chi connectivity index (χ1v) is 9.60. The Kier molecular flexibility index (Phi) is 6.57. The first kappa shape index (κ1) is 18.8. The van der Waals surface area contributed by atoms with Gasteiger partial charge in [0.05, 0.1) is 0 Å². The number of quaternary nitrogens is 2. The van der Waals surface area contributed by atoms with Crippen LogP contribution in [0.4, 0.5) is 10.1 Å². The predicted octanol–water partition coefficient (Wildman–Crippen LogP) is -1.44. The van der Waals surface area contributed by atoms with Crippen molar-refractivity contribution in [1.29, 1.82) is 0 Å². The number of piperazine rings is 1. The van der Waals surface area contributed by atoms with Crippen LogP contribution in [-0.4, -0.2) is 69.1 Å². The summed E-state index contributed by atoms with van der Waals surface area (Å²) in [7, 11) is 0. The Labute approximate surface area is 153 Å². The number of piperidine rings is 1. The number of rotatable bonds is 5. The summed E-state index contributed by atoms with van der Waals surface area (Å²) >= 11 is 0. The van der Waals surface area contributed by atoms with Crippen LogP contribution in [-0.2, 0) is 9.59 Å². The fourth-order valence-electron chi connectivity index (χ4n) is 3.78. The zero-order chi connectivity index (χ0) is 18.4. The van der Waals surface area contributed by atoms with Gasteiger partial charge in [0.2, 0.25) is 0 Å². The highest BCUT2D eigenvalue weighted by atomic mass is 19.1. The van der Waals surface area contributed by atoms with Gasteiger partial charge in [-0.15, -0.1) is 0 Å². The van der Waals surface area contributed by atoms with E-state index in [2.05, 4.69) is 5.32 Å². The molecule has 3 N–H and O–H groups in total. The molecule has 0 radical (unpaired) electrons. The van der Waals surface area contributed by atoms with E-state index in [0.29, 0.717) is 18.8 Å². The maximum Gasteiger partial charge on any atom is 0.279 e. The summed E-state index contributed by atoms with van der Waals surface area (Å²) in [5.41, 5.74) is 0.491. The lowest BCUT2D eigenvalue weighted by molar-refractivity contribution is -1.00. The van der Waals surface area contributed by atoms with Crippen LogP contribution in [0, 0.1) is 5.82 Å². The van der Waals surface area contributed by atoms with Crippen LogP contribution in [0.2, 0.25) is 0 Å². The molecule has 7 heteroatoms. The Bertz CT molecular complexity index is 626. The van der Waals surface area contributed by atoms with Crippen molar-refractivity contribution in [2.24, 2.45) is 0 Å². The average Bonchev–Trinajstić information content (AvgIpc) is 2.64. The van der Waals surface area contributed by atoms with Crippen LogP contribution in [0.3, 0.4) is 0 Å². The van der Waals surface area contributed by atoms with E-state index in [1.807, 2.05) is 4.90 Å². The Hall–Kier alpha value is -1.99.